The number of hydrogen-bond acceptors (Lipinski definition) is 4. The lowest BCUT2D eigenvalue weighted by atomic mass is 9.96. The average Bonchev–Trinajstić information content (AvgIpc) is 3.31. The lowest BCUT2D eigenvalue weighted by molar-refractivity contribution is -0.137. The Morgan fingerprint density at radius 2 is 1.61 bits per heavy atom. The molecule has 4 aromatic rings. The van der Waals surface area contributed by atoms with Crippen LogP contribution in [0, 0.1) is 17.6 Å². The molecule has 0 N–H and O–H groups in total. The first-order chi connectivity index (χ1) is 18.6. The second-order valence-corrected chi connectivity index (χ2v) is 10.2. The third-order valence-electron chi connectivity index (χ3n) is 7.72. The molecule has 6 rings (SSSR count). The second-order valence-electron chi connectivity index (χ2n) is 10.2. The molecule has 38 heavy (non-hydrogen) atoms. The molecule has 3 heterocycles. The normalized spacial score (nSPS) is 18.7. The summed E-state index contributed by atoms with van der Waals surface area (Å²) in [6, 6.07) is 21.3. The third-order valence-corrected chi connectivity index (χ3v) is 7.72. The van der Waals surface area contributed by atoms with Crippen LogP contribution in [0.2, 0.25) is 0 Å². The van der Waals surface area contributed by atoms with Gasteiger partial charge < -0.3 is 9.80 Å². The topological polar surface area (TPSA) is 44.6 Å². The predicted octanol–water partition coefficient (Wildman–Crippen LogP) is 4.86. The first kappa shape index (κ1) is 24.6. The number of nitrogens with zero attached hydrogens (tertiary/aromatic N) is 5. The minimum absolute atomic E-state index is 0.0626. The van der Waals surface area contributed by atoms with Crippen molar-refractivity contribution in [1.82, 2.24) is 19.4 Å². The molecule has 1 amide bonds. The highest BCUT2D eigenvalue weighted by Crippen LogP contribution is 2.26. The van der Waals surface area contributed by atoms with E-state index in [2.05, 4.69) is 9.47 Å². The molecular weight excluding hydrogens is 484 g/mol. The van der Waals surface area contributed by atoms with E-state index in [-0.39, 0.29) is 23.5 Å². The number of amides is 1. The Morgan fingerprint density at radius 1 is 0.868 bits per heavy atom. The van der Waals surface area contributed by atoms with Crippen molar-refractivity contribution >= 4 is 22.6 Å². The van der Waals surface area contributed by atoms with E-state index in [0.717, 1.165) is 41.9 Å². The molecule has 0 bridgehead atoms. The summed E-state index contributed by atoms with van der Waals surface area (Å²) >= 11 is 0. The molecular formula is C30H31F2N5O. The number of rotatable bonds is 5. The summed E-state index contributed by atoms with van der Waals surface area (Å²) in [6.45, 7) is 4.65. The predicted molar refractivity (Wildman–Crippen MR) is 144 cm³/mol. The van der Waals surface area contributed by atoms with Crippen LogP contribution in [0.3, 0.4) is 0 Å². The molecule has 2 fully saturated rings. The quantitative estimate of drug-likeness (QED) is 0.381. The molecule has 0 saturated carbocycles. The van der Waals surface area contributed by atoms with Crippen LogP contribution in [-0.4, -0.2) is 64.5 Å². The van der Waals surface area contributed by atoms with Gasteiger partial charge in [0.2, 0.25) is 5.91 Å². The smallest absolute Gasteiger partial charge is 0.227 e. The number of hydrogen-bond donors (Lipinski definition) is 0. The minimum atomic E-state index is -0.271. The van der Waals surface area contributed by atoms with Crippen molar-refractivity contribution in [3.63, 3.8) is 0 Å². The number of aromatic nitrogens is 2. The highest BCUT2D eigenvalue weighted by molar-refractivity contribution is 5.80. The van der Waals surface area contributed by atoms with E-state index in [4.69, 9.17) is 4.98 Å². The van der Waals surface area contributed by atoms with E-state index in [1.165, 1.54) is 18.2 Å². The van der Waals surface area contributed by atoms with Gasteiger partial charge in [0.1, 0.15) is 17.5 Å². The molecule has 2 saturated heterocycles. The molecule has 8 heteroatoms. The summed E-state index contributed by atoms with van der Waals surface area (Å²) in [5, 5.41) is 0. The Morgan fingerprint density at radius 3 is 2.39 bits per heavy atom. The molecule has 0 unspecified atom stereocenters. The zero-order chi connectivity index (χ0) is 26.1. The van der Waals surface area contributed by atoms with Crippen molar-refractivity contribution in [2.24, 2.45) is 5.92 Å². The van der Waals surface area contributed by atoms with Crippen LogP contribution >= 0.6 is 0 Å². The summed E-state index contributed by atoms with van der Waals surface area (Å²) in [6.07, 6.45) is 1.82. The number of benzene rings is 3. The molecule has 0 radical (unpaired) electrons. The zero-order valence-corrected chi connectivity index (χ0v) is 21.3. The number of halogens is 2. The SMILES string of the molecule is O=C([C@@H]1CCCN(Cc2nc3ccccc3n2-c2ccc(F)cc2)C1)N1CCN(c2ccccc2F)CC1. The average molecular weight is 516 g/mol. The maximum absolute atomic E-state index is 14.2. The van der Waals surface area contributed by atoms with E-state index >= 15 is 0 Å². The molecule has 0 aliphatic carbocycles. The highest BCUT2D eigenvalue weighted by Gasteiger charge is 2.32. The molecule has 2 aliphatic heterocycles. The van der Waals surface area contributed by atoms with Crippen LogP contribution in [0.5, 0.6) is 0 Å². The molecule has 2 aliphatic rings. The van der Waals surface area contributed by atoms with Crippen LogP contribution in [0.1, 0.15) is 18.7 Å². The largest absolute Gasteiger partial charge is 0.366 e. The van der Waals surface area contributed by atoms with Crippen LogP contribution in [0.25, 0.3) is 16.7 Å². The standard InChI is InChI=1S/C30H31F2N5O/c31-23-11-13-24(14-12-23)37-28-10-4-2-8-26(28)33-29(37)21-34-15-5-6-22(20-34)30(38)36-18-16-35(17-19-36)27-9-3-1-7-25(27)32/h1-4,7-14,22H,5-6,15-21H2/t22-/m1/s1. The van der Waals surface area contributed by atoms with Crippen molar-refractivity contribution < 1.29 is 13.6 Å². The van der Waals surface area contributed by atoms with Gasteiger partial charge in [0.25, 0.3) is 0 Å². The van der Waals surface area contributed by atoms with E-state index in [1.807, 2.05) is 40.1 Å². The van der Waals surface area contributed by atoms with E-state index in [0.29, 0.717) is 45.0 Å². The van der Waals surface area contributed by atoms with Gasteiger partial charge in [-0.05, 0) is 67.9 Å². The fraction of sp³-hybridized carbons (Fsp3) is 0.333. The minimum Gasteiger partial charge on any atom is -0.366 e. The van der Waals surface area contributed by atoms with Crippen molar-refractivity contribution in [2.45, 2.75) is 19.4 Å². The first-order valence-corrected chi connectivity index (χ1v) is 13.3. The van der Waals surface area contributed by atoms with Gasteiger partial charge >= 0.3 is 0 Å². The Balaban J connectivity index is 1.14. The summed E-state index contributed by atoms with van der Waals surface area (Å²) < 4.78 is 29.9. The van der Waals surface area contributed by atoms with Crippen LogP contribution < -0.4 is 4.90 Å². The first-order valence-electron chi connectivity index (χ1n) is 13.3. The van der Waals surface area contributed by atoms with Gasteiger partial charge in [-0.25, -0.2) is 13.8 Å². The summed E-state index contributed by atoms with van der Waals surface area (Å²) in [4.78, 5) is 24.7. The number of carbonyl (C=O) groups is 1. The van der Waals surface area contributed by atoms with Crippen LogP contribution in [0.15, 0.2) is 72.8 Å². The van der Waals surface area contributed by atoms with Crippen molar-refractivity contribution in [3.8, 4) is 5.69 Å². The number of anilines is 1. The Kier molecular flexibility index (Phi) is 6.81. The number of imidazole rings is 1. The zero-order valence-electron chi connectivity index (χ0n) is 21.3. The van der Waals surface area contributed by atoms with Crippen LogP contribution in [-0.2, 0) is 11.3 Å². The Bertz CT molecular complexity index is 1430. The fourth-order valence-corrected chi connectivity index (χ4v) is 5.80. The lowest BCUT2D eigenvalue weighted by Gasteiger charge is -2.39. The number of piperidine rings is 1. The number of fused-ring (bicyclic) bond motifs is 1. The number of likely N-dealkylation sites (tertiary alicyclic amines) is 1. The highest BCUT2D eigenvalue weighted by atomic mass is 19.1. The maximum atomic E-state index is 14.2. The molecule has 196 valence electrons. The van der Waals surface area contributed by atoms with Crippen molar-refractivity contribution in [1.29, 1.82) is 0 Å². The third kappa shape index (κ3) is 4.88. The van der Waals surface area contributed by atoms with E-state index in [9.17, 15) is 13.6 Å². The Hall–Kier alpha value is -3.78. The second kappa shape index (κ2) is 10.5. The number of carbonyl (C=O) groups excluding carboxylic acids is 1. The van der Waals surface area contributed by atoms with E-state index in [1.54, 1.807) is 24.3 Å². The molecule has 3 aromatic carbocycles. The number of piperazine rings is 1. The Labute approximate surface area is 221 Å². The van der Waals surface area contributed by atoms with Gasteiger partial charge in [0.05, 0.1) is 29.2 Å². The van der Waals surface area contributed by atoms with Gasteiger partial charge in [-0.3, -0.25) is 14.3 Å². The summed E-state index contributed by atoms with van der Waals surface area (Å²) in [7, 11) is 0. The van der Waals surface area contributed by atoms with Crippen molar-refractivity contribution in [2.75, 3.05) is 44.2 Å². The number of para-hydroxylation sites is 3. The van der Waals surface area contributed by atoms with Gasteiger partial charge in [-0.2, -0.15) is 0 Å². The van der Waals surface area contributed by atoms with Gasteiger partial charge in [-0.15, -0.1) is 0 Å². The maximum Gasteiger partial charge on any atom is 0.227 e. The van der Waals surface area contributed by atoms with Crippen molar-refractivity contribution in [3.05, 3.63) is 90.3 Å². The molecule has 1 atom stereocenters. The summed E-state index contributed by atoms with van der Waals surface area (Å²) in [5.74, 6) is 0.514. The van der Waals surface area contributed by atoms with E-state index < -0.39 is 0 Å². The molecule has 6 nitrogen and oxygen atoms in total. The molecule has 1 aromatic heterocycles. The van der Waals surface area contributed by atoms with Gasteiger partial charge in [-0.1, -0.05) is 24.3 Å². The molecule has 0 spiro atoms. The van der Waals surface area contributed by atoms with Gasteiger partial charge in [0, 0.05) is 38.4 Å². The summed E-state index contributed by atoms with van der Waals surface area (Å²) in [5.41, 5.74) is 3.34. The van der Waals surface area contributed by atoms with Crippen LogP contribution in [0.4, 0.5) is 14.5 Å². The lowest BCUT2D eigenvalue weighted by Crippen LogP contribution is -2.52. The monoisotopic (exact) mass is 515 g/mol. The van der Waals surface area contributed by atoms with Gasteiger partial charge in [0.15, 0.2) is 0 Å². The fourth-order valence-electron chi connectivity index (χ4n) is 5.80.